The highest BCUT2D eigenvalue weighted by Gasteiger charge is 2.26. The van der Waals surface area contributed by atoms with Gasteiger partial charge in [0.25, 0.3) is 0 Å². The first-order valence-corrected chi connectivity index (χ1v) is 7.16. The number of carboxylic acid groups (broad SMARTS) is 2. The van der Waals surface area contributed by atoms with E-state index in [-0.39, 0.29) is 12.1 Å². The maximum atomic E-state index is 11.6. The lowest BCUT2D eigenvalue weighted by molar-refractivity contribution is -0.137. The van der Waals surface area contributed by atoms with E-state index in [9.17, 15) is 19.8 Å². The smallest absolute Gasteiger partial charge is 0.337 e. The van der Waals surface area contributed by atoms with E-state index in [0.29, 0.717) is 12.1 Å². The van der Waals surface area contributed by atoms with E-state index < -0.39 is 11.9 Å². The van der Waals surface area contributed by atoms with Crippen molar-refractivity contribution in [2.45, 2.75) is 26.4 Å². The van der Waals surface area contributed by atoms with E-state index in [1.807, 2.05) is 20.0 Å². The molecule has 0 saturated carbocycles. The molecule has 1 aromatic carbocycles. The Hall–Kier alpha value is -2.34. The fourth-order valence-corrected chi connectivity index (χ4v) is 3.33. The number of hydrogen-bond donors (Lipinski definition) is 2. The highest BCUT2D eigenvalue weighted by atomic mass is 16.4. The van der Waals surface area contributed by atoms with Crippen LogP contribution in [0.2, 0.25) is 0 Å². The summed E-state index contributed by atoms with van der Waals surface area (Å²) in [6.07, 6.45) is 0.728. The summed E-state index contributed by atoms with van der Waals surface area (Å²) in [6.45, 7) is 3.20. The third kappa shape index (κ3) is 2.25. The molecule has 0 fully saturated rings. The molecule has 0 aliphatic carbocycles. The molecule has 0 unspecified atom stereocenters. The van der Waals surface area contributed by atoms with Crippen molar-refractivity contribution >= 4 is 22.8 Å². The Kier molecular flexibility index (Phi) is 3.41. The number of aliphatic carboxylic acids is 1. The summed E-state index contributed by atoms with van der Waals surface area (Å²) in [5.41, 5.74) is 3.57. The number of benzene rings is 1. The largest absolute Gasteiger partial charge is 0.480 e. The second kappa shape index (κ2) is 5.14. The number of rotatable bonds is 3. The van der Waals surface area contributed by atoms with Crippen LogP contribution in [0.15, 0.2) is 12.1 Å². The molecule has 6 heteroatoms. The lowest BCUT2D eigenvalue weighted by Gasteiger charge is -2.23. The molecule has 3 rings (SSSR count). The average Bonchev–Trinajstić information content (AvgIpc) is 2.71. The van der Waals surface area contributed by atoms with E-state index in [1.165, 1.54) is 0 Å². The zero-order valence-corrected chi connectivity index (χ0v) is 12.6. The van der Waals surface area contributed by atoms with Gasteiger partial charge in [-0.1, -0.05) is 0 Å². The van der Waals surface area contributed by atoms with Gasteiger partial charge in [0.2, 0.25) is 0 Å². The van der Waals surface area contributed by atoms with Gasteiger partial charge in [0.05, 0.1) is 11.1 Å². The zero-order chi connectivity index (χ0) is 16.0. The maximum Gasteiger partial charge on any atom is 0.337 e. The van der Waals surface area contributed by atoms with Crippen molar-refractivity contribution < 1.29 is 19.8 Å². The Bertz CT molecular complexity index is 791. The van der Waals surface area contributed by atoms with Crippen molar-refractivity contribution in [3.05, 3.63) is 34.5 Å². The van der Waals surface area contributed by atoms with Crippen LogP contribution in [-0.4, -0.2) is 45.2 Å². The normalized spacial score (nSPS) is 15.0. The minimum Gasteiger partial charge on any atom is -0.480 e. The summed E-state index contributed by atoms with van der Waals surface area (Å²) >= 11 is 0. The molecule has 2 heterocycles. The van der Waals surface area contributed by atoms with Gasteiger partial charge in [0.1, 0.15) is 6.54 Å². The number of aromatic carboxylic acids is 1. The molecule has 116 valence electrons. The Morgan fingerprint density at radius 2 is 2.00 bits per heavy atom. The van der Waals surface area contributed by atoms with E-state index in [2.05, 4.69) is 4.90 Å². The van der Waals surface area contributed by atoms with Gasteiger partial charge in [-0.15, -0.1) is 0 Å². The van der Waals surface area contributed by atoms with Crippen molar-refractivity contribution in [2.75, 3.05) is 13.6 Å². The summed E-state index contributed by atoms with van der Waals surface area (Å²) in [5.74, 6) is -1.99. The minimum absolute atomic E-state index is 0.174. The van der Waals surface area contributed by atoms with Crippen LogP contribution < -0.4 is 0 Å². The van der Waals surface area contributed by atoms with Gasteiger partial charge in [0.15, 0.2) is 0 Å². The van der Waals surface area contributed by atoms with Gasteiger partial charge < -0.3 is 19.7 Å². The Morgan fingerprint density at radius 1 is 1.27 bits per heavy atom. The minimum atomic E-state index is -1.02. The number of carboxylic acids is 2. The first-order valence-electron chi connectivity index (χ1n) is 7.16. The third-order valence-electron chi connectivity index (χ3n) is 4.21. The second-order valence-electron chi connectivity index (χ2n) is 5.91. The highest BCUT2D eigenvalue weighted by Crippen LogP contribution is 2.33. The van der Waals surface area contributed by atoms with E-state index in [0.717, 1.165) is 35.2 Å². The number of nitrogens with zero attached hydrogens (tertiary/aromatic N) is 2. The molecule has 1 aliphatic rings. The van der Waals surface area contributed by atoms with Crippen LogP contribution in [0.5, 0.6) is 0 Å². The number of fused-ring (bicyclic) bond motifs is 3. The molecule has 0 saturated heterocycles. The number of aryl methyl sites for hydroxylation is 1. The van der Waals surface area contributed by atoms with Crippen molar-refractivity contribution in [3.8, 4) is 0 Å². The second-order valence-corrected chi connectivity index (χ2v) is 5.91. The maximum absolute atomic E-state index is 11.6. The molecule has 6 nitrogen and oxygen atoms in total. The predicted octanol–water partition coefficient (Wildman–Crippen LogP) is 1.72. The molecule has 1 aromatic heterocycles. The zero-order valence-electron chi connectivity index (χ0n) is 12.6. The van der Waals surface area contributed by atoms with Gasteiger partial charge in [-0.3, -0.25) is 4.79 Å². The molecule has 0 atom stereocenters. The Balaban J connectivity index is 2.39. The topological polar surface area (TPSA) is 82.8 Å². The number of likely N-dealkylation sites (N-methyl/N-ethyl adjacent to an activating group) is 1. The highest BCUT2D eigenvalue weighted by molar-refractivity contribution is 6.04. The lowest BCUT2D eigenvalue weighted by atomic mass is 10.0. The van der Waals surface area contributed by atoms with Crippen LogP contribution in [0.3, 0.4) is 0 Å². The van der Waals surface area contributed by atoms with Gasteiger partial charge in [0, 0.05) is 30.6 Å². The van der Waals surface area contributed by atoms with Gasteiger partial charge >= 0.3 is 11.9 Å². The van der Waals surface area contributed by atoms with Crippen LogP contribution in [-0.2, 0) is 24.3 Å². The van der Waals surface area contributed by atoms with E-state index in [1.54, 1.807) is 10.6 Å². The molecule has 0 radical (unpaired) electrons. The lowest BCUT2D eigenvalue weighted by Crippen LogP contribution is -2.28. The van der Waals surface area contributed by atoms with E-state index >= 15 is 0 Å². The molecule has 0 amide bonds. The van der Waals surface area contributed by atoms with E-state index in [4.69, 9.17) is 0 Å². The third-order valence-corrected chi connectivity index (χ3v) is 4.21. The fourth-order valence-electron chi connectivity index (χ4n) is 3.33. The Labute approximate surface area is 127 Å². The van der Waals surface area contributed by atoms with Crippen LogP contribution in [0.1, 0.15) is 27.2 Å². The molecular formula is C16H18N2O4. The average molecular weight is 302 g/mol. The predicted molar refractivity (Wildman–Crippen MR) is 81.3 cm³/mol. The standard InChI is InChI=1S/C16H18N2O4/c1-9-5-10-12-7-17(2)4-3-13(12)18(8-14(19)20)15(10)11(6-9)16(21)22/h5-6H,3-4,7-8H2,1-2H3,(H,19,20)(H,21,22). The molecule has 0 spiro atoms. The van der Waals surface area contributed by atoms with Crippen molar-refractivity contribution in [1.82, 2.24) is 9.47 Å². The van der Waals surface area contributed by atoms with Crippen LogP contribution in [0, 0.1) is 6.92 Å². The molecule has 2 aromatic rings. The van der Waals surface area contributed by atoms with Crippen LogP contribution >= 0.6 is 0 Å². The van der Waals surface area contributed by atoms with Gasteiger partial charge in [-0.25, -0.2) is 4.79 Å². The summed E-state index contributed by atoms with van der Waals surface area (Å²) in [7, 11) is 2.01. The van der Waals surface area contributed by atoms with Gasteiger partial charge in [-0.05, 0) is 37.2 Å². The number of hydrogen-bond acceptors (Lipinski definition) is 3. The van der Waals surface area contributed by atoms with Gasteiger partial charge in [-0.2, -0.15) is 0 Å². The first kappa shape index (κ1) is 14.6. The summed E-state index contributed by atoms with van der Waals surface area (Å²) in [6, 6.07) is 3.57. The molecule has 0 bridgehead atoms. The van der Waals surface area contributed by atoms with Crippen molar-refractivity contribution in [2.24, 2.45) is 0 Å². The fraction of sp³-hybridized carbons (Fsp3) is 0.375. The summed E-state index contributed by atoms with van der Waals surface area (Å²) in [4.78, 5) is 25.0. The number of carbonyl (C=O) groups is 2. The van der Waals surface area contributed by atoms with Crippen LogP contribution in [0.4, 0.5) is 0 Å². The molecular weight excluding hydrogens is 284 g/mol. The monoisotopic (exact) mass is 302 g/mol. The van der Waals surface area contributed by atoms with Crippen LogP contribution in [0.25, 0.3) is 10.9 Å². The molecule has 1 aliphatic heterocycles. The summed E-state index contributed by atoms with van der Waals surface area (Å²) < 4.78 is 1.67. The molecule has 2 N–H and O–H groups in total. The number of aromatic nitrogens is 1. The van der Waals surface area contributed by atoms with Crippen molar-refractivity contribution in [3.63, 3.8) is 0 Å². The molecule has 22 heavy (non-hydrogen) atoms. The quantitative estimate of drug-likeness (QED) is 0.902. The Morgan fingerprint density at radius 3 is 2.64 bits per heavy atom. The summed E-state index contributed by atoms with van der Waals surface area (Å²) in [5, 5.41) is 19.6. The first-order chi connectivity index (χ1) is 10.4. The SMILES string of the molecule is Cc1cc(C(=O)O)c2c(c1)c1c(n2CC(=O)O)CCN(C)C1. The van der Waals surface area contributed by atoms with Crippen molar-refractivity contribution in [1.29, 1.82) is 0 Å².